The zero-order chi connectivity index (χ0) is 15.5. The van der Waals surface area contributed by atoms with Gasteiger partial charge in [-0.3, -0.25) is 4.79 Å². The highest BCUT2D eigenvalue weighted by atomic mass is 79.9. The fourth-order valence-electron chi connectivity index (χ4n) is 1.49. The fraction of sp³-hybridized carbons (Fsp3) is 0.500. The van der Waals surface area contributed by atoms with Gasteiger partial charge in [0.1, 0.15) is 18.5 Å². The summed E-state index contributed by atoms with van der Waals surface area (Å²) in [5.41, 5.74) is 0. The number of hydrogen-bond acceptors (Lipinski definition) is 5. The minimum Gasteiger partial charge on any atom is -0.491 e. The maximum Gasteiger partial charge on any atom is 0.234 e. The number of nitrogens with one attached hydrogen (secondary N) is 2. The number of aliphatic hydroxyl groups excluding tert-OH is 1. The second kappa shape index (κ2) is 10.6. The van der Waals surface area contributed by atoms with Gasteiger partial charge in [-0.25, -0.2) is 0 Å². The van der Waals surface area contributed by atoms with Crippen LogP contribution in [-0.2, 0) is 9.53 Å². The van der Waals surface area contributed by atoms with Crippen molar-refractivity contribution in [3.63, 3.8) is 0 Å². The molecule has 0 fully saturated rings. The number of rotatable bonds is 10. The highest BCUT2D eigenvalue weighted by Crippen LogP contribution is 2.16. The monoisotopic (exact) mass is 360 g/mol. The second-order valence-electron chi connectivity index (χ2n) is 4.39. The molecule has 118 valence electrons. The van der Waals surface area contributed by atoms with Gasteiger partial charge in [0, 0.05) is 24.7 Å². The van der Waals surface area contributed by atoms with Crippen LogP contribution < -0.4 is 15.4 Å². The molecule has 0 heterocycles. The van der Waals surface area contributed by atoms with Gasteiger partial charge in [-0.2, -0.15) is 0 Å². The summed E-state index contributed by atoms with van der Waals surface area (Å²) >= 11 is 3.33. The van der Waals surface area contributed by atoms with Gasteiger partial charge in [0.05, 0.1) is 13.2 Å². The molecular weight excluding hydrogens is 340 g/mol. The van der Waals surface area contributed by atoms with E-state index in [1.54, 1.807) is 7.11 Å². The molecular formula is C14H21BrN2O4. The Morgan fingerprint density at radius 3 is 2.76 bits per heavy atom. The van der Waals surface area contributed by atoms with Gasteiger partial charge in [-0.1, -0.05) is 15.9 Å². The summed E-state index contributed by atoms with van der Waals surface area (Å²) in [6, 6.07) is 7.36. The number of carbonyl (C=O) groups is 1. The molecule has 0 aliphatic rings. The third kappa shape index (κ3) is 8.67. The Kier molecular flexibility index (Phi) is 9.00. The molecule has 0 saturated heterocycles. The Morgan fingerprint density at radius 2 is 2.10 bits per heavy atom. The first-order chi connectivity index (χ1) is 10.1. The van der Waals surface area contributed by atoms with E-state index in [4.69, 9.17) is 9.47 Å². The van der Waals surface area contributed by atoms with E-state index in [-0.39, 0.29) is 25.6 Å². The van der Waals surface area contributed by atoms with Crippen LogP contribution in [0.3, 0.4) is 0 Å². The van der Waals surface area contributed by atoms with Crippen molar-refractivity contribution < 1.29 is 19.4 Å². The molecule has 1 aromatic carbocycles. The average Bonchev–Trinajstić information content (AvgIpc) is 2.47. The predicted molar refractivity (Wildman–Crippen MR) is 83.4 cm³/mol. The Balaban J connectivity index is 2.09. The molecule has 0 saturated carbocycles. The Bertz CT molecular complexity index is 414. The van der Waals surface area contributed by atoms with Crippen LogP contribution in [0.5, 0.6) is 5.75 Å². The molecule has 0 bridgehead atoms. The molecule has 3 N–H and O–H groups in total. The number of amides is 1. The predicted octanol–water partition coefficient (Wildman–Crippen LogP) is 0.541. The van der Waals surface area contributed by atoms with Crippen LogP contribution in [0.4, 0.5) is 0 Å². The molecule has 0 radical (unpaired) electrons. The molecule has 1 unspecified atom stereocenters. The van der Waals surface area contributed by atoms with Crippen LogP contribution in [0.1, 0.15) is 0 Å². The lowest BCUT2D eigenvalue weighted by atomic mass is 10.3. The van der Waals surface area contributed by atoms with Gasteiger partial charge >= 0.3 is 0 Å². The zero-order valence-corrected chi connectivity index (χ0v) is 13.6. The van der Waals surface area contributed by atoms with Crippen molar-refractivity contribution >= 4 is 21.8 Å². The highest BCUT2D eigenvalue weighted by Gasteiger charge is 2.06. The molecule has 0 aromatic heterocycles. The number of hydrogen-bond donors (Lipinski definition) is 3. The van der Waals surface area contributed by atoms with Gasteiger partial charge in [0.15, 0.2) is 0 Å². The Hall–Kier alpha value is -1.15. The lowest BCUT2D eigenvalue weighted by Crippen LogP contribution is -2.39. The third-order valence-electron chi connectivity index (χ3n) is 2.55. The van der Waals surface area contributed by atoms with Crippen LogP contribution >= 0.6 is 15.9 Å². The van der Waals surface area contributed by atoms with E-state index in [9.17, 15) is 9.90 Å². The largest absolute Gasteiger partial charge is 0.491 e. The number of halogens is 1. The van der Waals surface area contributed by atoms with E-state index in [0.717, 1.165) is 4.47 Å². The molecule has 0 aliphatic heterocycles. The summed E-state index contributed by atoms with van der Waals surface area (Å²) < 4.78 is 11.2. The van der Waals surface area contributed by atoms with Crippen LogP contribution in [-0.4, -0.2) is 57.1 Å². The van der Waals surface area contributed by atoms with E-state index < -0.39 is 6.10 Å². The molecule has 7 heteroatoms. The summed E-state index contributed by atoms with van der Waals surface area (Å²) in [6.07, 6.45) is -0.680. The lowest BCUT2D eigenvalue weighted by Gasteiger charge is -2.13. The van der Waals surface area contributed by atoms with Crippen molar-refractivity contribution in [1.29, 1.82) is 0 Å². The van der Waals surface area contributed by atoms with Crippen LogP contribution in [0, 0.1) is 0 Å². The molecule has 0 spiro atoms. The maximum absolute atomic E-state index is 11.4. The van der Waals surface area contributed by atoms with E-state index in [1.807, 2.05) is 24.3 Å². The van der Waals surface area contributed by atoms with Crippen molar-refractivity contribution in [2.75, 3.05) is 40.0 Å². The number of ether oxygens (including phenoxy) is 2. The van der Waals surface area contributed by atoms with Crippen LogP contribution in [0.2, 0.25) is 0 Å². The molecule has 1 amide bonds. The standard InChI is InChI=1S/C14H21BrN2O4/c1-20-7-6-17-14(19)9-16-8-12(18)10-21-13-4-2-11(15)3-5-13/h2-5,12,16,18H,6-10H2,1H3,(H,17,19). The number of carbonyl (C=O) groups excluding carboxylic acids is 1. The average molecular weight is 361 g/mol. The highest BCUT2D eigenvalue weighted by molar-refractivity contribution is 9.10. The molecule has 1 atom stereocenters. The van der Waals surface area contributed by atoms with Crippen molar-refractivity contribution in [2.24, 2.45) is 0 Å². The van der Waals surface area contributed by atoms with E-state index >= 15 is 0 Å². The molecule has 1 aromatic rings. The molecule has 6 nitrogen and oxygen atoms in total. The van der Waals surface area contributed by atoms with Crippen LogP contribution in [0.15, 0.2) is 28.7 Å². The van der Waals surface area contributed by atoms with Crippen molar-refractivity contribution in [3.05, 3.63) is 28.7 Å². The minimum atomic E-state index is -0.680. The van der Waals surface area contributed by atoms with Gasteiger partial charge in [-0.15, -0.1) is 0 Å². The second-order valence-corrected chi connectivity index (χ2v) is 5.31. The Morgan fingerprint density at radius 1 is 1.38 bits per heavy atom. The smallest absolute Gasteiger partial charge is 0.234 e. The topological polar surface area (TPSA) is 79.8 Å². The van der Waals surface area contributed by atoms with E-state index in [0.29, 0.717) is 18.9 Å². The zero-order valence-electron chi connectivity index (χ0n) is 12.0. The van der Waals surface area contributed by atoms with Crippen molar-refractivity contribution in [3.8, 4) is 5.75 Å². The lowest BCUT2D eigenvalue weighted by molar-refractivity contribution is -0.120. The number of aliphatic hydroxyl groups is 1. The summed E-state index contributed by atoms with van der Waals surface area (Å²) in [7, 11) is 1.58. The molecule has 0 aliphatic carbocycles. The SMILES string of the molecule is COCCNC(=O)CNCC(O)COc1ccc(Br)cc1. The maximum atomic E-state index is 11.4. The first-order valence-electron chi connectivity index (χ1n) is 6.64. The fourth-order valence-corrected chi connectivity index (χ4v) is 1.75. The van der Waals surface area contributed by atoms with Crippen LogP contribution in [0.25, 0.3) is 0 Å². The molecule has 1 rings (SSSR count). The number of benzene rings is 1. The van der Waals surface area contributed by atoms with Crippen molar-refractivity contribution in [2.45, 2.75) is 6.10 Å². The first-order valence-corrected chi connectivity index (χ1v) is 7.44. The summed E-state index contributed by atoms with van der Waals surface area (Å²) in [5, 5.41) is 15.3. The summed E-state index contributed by atoms with van der Waals surface area (Å²) in [6.45, 7) is 1.56. The van der Waals surface area contributed by atoms with Gasteiger partial charge in [0.2, 0.25) is 5.91 Å². The summed E-state index contributed by atoms with van der Waals surface area (Å²) in [4.78, 5) is 11.4. The molecule has 21 heavy (non-hydrogen) atoms. The normalized spacial score (nSPS) is 12.0. The first kappa shape index (κ1) is 17.9. The quantitative estimate of drug-likeness (QED) is 0.530. The Labute approximate surface area is 133 Å². The third-order valence-corrected chi connectivity index (χ3v) is 3.08. The van der Waals surface area contributed by atoms with E-state index in [2.05, 4.69) is 26.6 Å². The van der Waals surface area contributed by atoms with E-state index in [1.165, 1.54) is 0 Å². The summed E-state index contributed by atoms with van der Waals surface area (Å²) in [5.74, 6) is 0.558. The number of methoxy groups -OCH3 is 1. The van der Waals surface area contributed by atoms with Crippen molar-refractivity contribution in [1.82, 2.24) is 10.6 Å². The van der Waals surface area contributed by atoms with Gasteiger partial charge in [-0.05, 0) is 24.3 Å². The van der Waals surface area contributed by atoms with Gasteiger partial charge in [0.25, 0.3) is 0 Å². The van der Waals surface area contributed by atoms with Gasteiger partial charge < -0.3 is 25.2 Å². The minimum absolute atomic E-state index is 0.131.